The van der Waals surface area contributed by atoms with E-state index in [4.69, 9.17) is 18.0 Å². The molecule has 0 aliphatic heterocycles. The van der Waals surface area contributed by atoms with E-state index in [0.29, 0.717) is 24.5 Å². The third-order valence-corrected chi connectivity index (χ3v) is 2.71. The molecule has 6 heteroatoms. The van der Waals surface area contributed by atoms with Crippen LogP contribution < -0.4 is 5.73 Å². The van der Waals surface area contributed by atoms with Gasteiger partial charge < -0.3 is 10.6 Å². The molecule has 0 aromatic heterocycles. The van der Waals surface area contributed by atoms with Gasteiger partial charge in [0.1, 0.15) is 9.84 Å². The quantitative estimate of drug-likeness (QED) is 0.624. The largest absolute Gasteiger partial charge is 0.393 e. The van der Waals surface area contributed by atoms with E-state index >= 15 is 0 Å². The van der Waals surface area contributed by atoms with E-state index in [9.17, 15) is 8.42 Å². The normalized spacial score (nSPS) is 11.9. The highest BCUT2D eigenvalue weighted by atomic mass is 32.2. The van der Waals surface area contributed by atoms with Crippen LogP contribution in [0, 0.1) is 0 Å². The molecule has 78 valence electrons. The Morgan fingerprint density at radius 1 is 1.46 bits per heavy atom. The molecule has 13 heavy (non-hydrogen) atoms. The van der Waals surface area contributed by atoms with Crippen LogP contribution in [-0.2, 0) is 9.84 Å². The maximum absolute atomic E-state index is 10.8. The molecule has 0 atom stereocenters. The lowest BCUT2D eigenvalue weighted by atomic mass is 10.4. The van der Waals surface area contributed by atoms with E-state index in [0.717, 1.165) is 0 Å². The second-order valence-electron chi connectivity index (χ2n) is 3.15. The maximum Gasteiger partial charge on any atom is 0.148 e. The highest BCUT2D eigenvalue weighted by molar-refractivity contribution is 7.90. The fourth-order valence-electron chi connectivity index (χ4n) is 0.735. The second-order valence-corrected chi connectivity index (χ2v) is 5.93. The Morgan fingerprint density at radius 2 is 2.00 bits per heavy atom. The summed E-state index contributed by atoms with van der Waals surface area (Å²) >= 11 is 4.70. The van der Waals surface area contributed by atoms with Crippen molar-refractivity contribution in [2.24, 2.45) is 5.73 Å². The van der Waals surface area contributed by atoms with Gasteiger partial charge in [0.05, 0.1) is 10.7 Å². The van der Waals surface area contributed by atoms with Gasteiger partial charge in [0.15, 0.2) is 0 Å². The van der Waals surface area contributed by atoms with Crippen molar-refractivity contribution in [3.63, 3.8) is 0 Å². The van der Waals surface area contributed by atoms with Gasteiger partial charge in [-0.25, -0.2) is 8.42 Å². The summed E-state index contributed by atoms with van der Waals surface area (Å²) in [6.45, 7) is 1.24. The lowest BCUT2D eigenvalue weighted by Gasteiger charge is -2.14. The molecule has 0 heterocycles. The van der Waals surface area contributed by atoms with Crippen LogP contribution in [0.3, 0.4) is 0 Å². The highest BCUT2D eigenvalue weighted by Crippen LogP contribution is 1.90. The zero-order valence-electron chi connectivity index (χ0n) is 7.99. The summed E-state index contributed by atoms with van der Waals surface area (Å²) in [6.07, 6.45) is 1.87. The Morgan fingerprint density at radius 3 is 2.38 bits per heavy atom. The molecule has 0 saturated carbocycles. The van der Waals surface area contributed by atoms with Crippen molar-refractivity contribution in [1.29, 1.82) is 0 Å². The van der Waals surface area contributed by atoms with Gasteiger partial charge in [-0.3, -0.25) is 0 Å². The van der Waals surface area contributed by atoms with Crippen LogP contribution in [0.2, 0.25) is 0 Å². The number of rotatable bonds is 6. The van der Waals surface area contributed by atoms with Crippen molar-refractivity contribution in [2.75, 3.05) is 32.1 Å². The van der Waals surface area contributed by atoms with Crippen LogP contribution in [0.25, 0.3) is 0 Å². The maximum atomic E-state index is 10.8. The first kappa shape index (κ1) is 12.8. The molecule has 0 fully saturated rings. The highest BCUT2D eigenvalue weighted by Gasteiger charge is 2.05. The molecule has 0 rings (SSSR count). The van der Waals surface area contributed by atoms with Gasteiger partial charge in [0.2, 0.25) is 0 Å². The Kier molecular flexibility index (Phi) is 5.43. The molecule has 0 saturated heterocycles. The number of hydrogen-bond acceptors (Lipinski definition) is 4. The molecular weight excluding hydrogens is 208 g/mol. The van der Waals surface area contributed by atoms with Crippen molar-refractivity contribution >= 4 is 27.0 Å². The van der Waals surface area contributed by atoms with E-state index in [2.05, 4.69) is 0 Å². The van der Waals surface area contributed by atoms with Gasteiger partial charge in [-0.05, 0) is 7.05 Å². The summed E-state index contributed by atoms with van der Waals surface area (Å²) in [6, 6.07) is 0. The second kappa shape index (κ2) is 5.51. The zero-order valence-corrected chi connectivity index (χ0v) is 9.62. The summed E-state index contributed by atoms with van der Waals surface area (Å²) in [5.74, 6) is 0.181. The molecule has 0 amide bonds. The third-order valence-electron chi connectivity index (χ3n) is 1.58. The first-order valence-corrected chi connectivity index (χ1v) is 6.43. The molecular formula is C7H16N2O2S2. The standard InChI is InChI=1S/C7H16N2O2S2/c1-9(4-3-7(8)12)5-6-13(2,10)11/h3-6H2,1-2H3,(H2,8,12). The Hall–Kier alpha value is -0.200. The minimum atomic E-state index is -2.86. The zero-order chi connectivity index (χ0) is 10.5. The van der Waals surface area contributed by atoms with Crippen LogP contribution in [0.15, 0.2) is 0 Å². The van der Waals surface area contributed by atoms with E-state index in [1.807, 2.05) is 11.9 Å². The molecule has 0 bridgehead atoms. The van der Waals surface area contributed by atoms with Crippen LogP contribution in [-0.4, -0.2) is 50.5 Å². The number of hydrogen-bond donors (Lipinski definition) is 1. The van der Waals surface area contributed by atoms with E-state index in [-0.39, 0.29) is 5.75 Å². The van der Waals surface area contributed by atoms with Crippen LogP contribution >= 0.6 is 12.2 Å². The van der Waals surface area contributed by atoms with Crippen LogP contribution in [0.4, 0.5) is 0 Å². The van der Waals surface area contributed by atoms with Gasteiger partial charge >= 0.3 is 0 Å². The predicted molar refractivity (Wildman–Crippen MR) is 58.6 cm³/mol. The number of nitrogens with two attached hydrogens (primary N) is 1. The first-order chi connectivity index (χ1) is 5.81. The Balaban J connectivity index is 3.64. The van der Waals surface area contributed by atoms with Gasteiger partial charge in [-0.1, -0.05) is 12.2 Å². The number of sulfone groups is 1. The van der Waals surface area contributed by atoms with Crippen molar-refractivity contribution in [3.8, 4) is 0 Å². The molecule has 4 nitrogen and oxygen atoms in total. The van der Waals surface area contributed by atoms with E-state index < -0.39 is 9.84 Å². The Bertz CT molecular complexity index is 262. The molecule has 0 aliphatic carbocycles. The van der Waals surface area contributed by atoms with Gasteiger partial charge in [0, 0.05) is 25.8 Å². The third kappa shape index (κ3) is 9.72. The minimum absolute atomic E-state index is 0.181. The summed E-state index contributed by atoms with van der Waals surface area (Å²) in [4.78, 5) is 2.37. The van der Waals surface area contributed by atoms with Crippen molar-refractivity contribution in [3.05, 3.63) is 0 Å². The van der Waals surface area contributed by atoms with Crippen molar-refractivity contribution < 1.29 is 8.42 Å². The van der Waals surface area contributed by atoms with Gasteiger partial charge in [-0.15, -0.1) is 0 Å². The lowest BCUT2D eigenvalue weighted by molar-refractivity contribution is 0.364. The van der Waals surface area contributed by atoms with Gasteiger partial charge in [-0.2, -0.15) is 0 Å². The topological polar surface area (TPSA) is 63.4 Å². The SMILES string of the molecule is CN(CCC(N)=S)CCS(C)(=O)=O. The average molecular weight is 224 g/mol. The fraction of sp³-hybridized carbons (Fsp3) is 0.857. The fourth-order valence-corrected chi connectivity index (χ4v) is 1.47. The van der Waals surface area contributed by atoms with Crippen molar-refractivity contribution in [2.45, 2.75) is 6.42 Å². The predicted octanol–water partition coefficient (Wildman–Crippen LogP) is -0.361. The minimum Gasteiger partial charge on any atom is -0.393 e. The number of thiocarbonyl (C=S) groups is 1. The molecule has 2 N–H and O–H groups in total. The number of nitrogens with zero attached hydrogens (tertiary/aromatic N) is 1. The first-order valence-electron chi connectivity index (χ1n) is 3.96. The summed E-state index contributed by atoms with van der Waals surface area (Å²) in [5, 5.41) is 0. The van der Waals surface area contributed by atoms with Gasteiger partial charge in [0.25, 0.3) is 0 Å². The summed E-state index contributed by atoms with van der Waals surface area (Å²) < 4.78 is 21.6. The monoisotopic (exact) mass is 224 g/mol. The van der Waals surface area contributed by atoms with Crippen molar-refractivity contribution in [1.82, 2.24) is 4.90 Å². The molecule has 0 spiro atoms. The van der Waals surface area contributed by atoms with E-state index in [1.165, 1.54) is 6.26 Å². The smallest absolute Gasteiger partial charge is 0.148 e. The molecule has 0 aliphatic rings. The van der Waals surface area contributed by atoms with Crippen LogP contribution in [0.5, 0.6) is 0 Å². The average Bonchev–Trinajstić information content (AvgIpc) is 1.95. The molecule has 0 aromatic rings. The molecule has 0 aromatic carbocycles. The van der Waals surface area contributed by atoms with E-state index in [1.54, 1.807) is 0 Å². The molecule has 0 radical (unpaired) electrons. The lowest BCUT2D eigenvalue weighted by Crippen LogP contribution is -2.28. The summed E-state index contributed by atoms with van der Waals surface area (Å²) in [5.41, 5.74) is 5.31. The van der Waals surface area contributed by atoms with Crippen LogP contribution in [0.1, 0.15) is 6.42 Å². The summed E-state index contributed by atoms with van der Waals surface area (Å²) in [7, 11) is -1.01. The Labute approximate surface area is 85.0 Å². The molecule has 0 unspecified atom stereocenters.